The predicted octanol–water partition coefficient (Wildman–Crippen LogP) is 18.5. The van der Waals surface area contributed by atoms with Gasteiger partial charge in [-0.1, -0.05) is 315 Å². The van der Waals surface area contributed by atoms with E-state index in [4.69, 9.17) is 0 Å². The largest absolute Gasteiger partial charge is 0.394 e. The molecule has 61 heavy (non-hydrogen) atoms. The van der Waals surface area contributed by atoms with Crippen molar-refractivity contribution in [3.63, 3.8) is 0 Å². The molecule has 0 saturated carbocycles. The van der Waals surface area contributed by atoms with Gasteiger partial charge in [0.2, 0.25) is 5.91 Å². The topological polar surface area (TPSA) is 69.6 Å². The van der Waals surface area contributed by atoms with Gasteiger partial charge in [-0.2, -0.15) is 0 Å². The van der Waals surface area contributed by atoms with Crippen molar-refractivity contribution >= 4 is 5.91 Å². The van der Waals surface area contributed by atoms with Gasteiger partial charge in [-0.3, -0.25) is 4.79 Å². The average Bonchev–Trinajstić information content (AvgIpc) is 3.26. The van der Waals surface area contributed by atoms with Gasteiger partial charge in [0.25, 0.3) is 0 Å². The van der Waals surface area contributed by atoms with E-state index in [9.17, 15) is 15.0 Å². The molecule has 4 nitrogen and oxygen atoms in total. The van der Waals surface area contributed by atoms with E-state index in [1.165, 1.54) is 283 Å². The van der Waals surface area contributed by atoms with E-state index >= 15 is 0 Å². The van der Waals surface area contributed by atoms with Crippen LogP contribution in [0.3, 0.4) is 0 Å². The van der Waals surface area contributed by atoms with Crippen molar-refractivity contribution in [2.24, 2.45) is 0 Å². The Morgan fingerprint density at radius 3 is 0.852 bits per heavy atom. The summed E-state index contributed by atoms with van der Waals surface area (Å²) in [7, 11) is 0. The van der Waals surface area contributed by atoms with Crippen LogP contribution < -0.4 is 5.32 Å². The molecule has 0 aliphatic carbocycles. The molecule has 0 spiro atoms. The van der Waals surface area contributed by atoms with Crippen LogP contribution in [0.2, 0.25) is 0 Å². The van der Waals surface area contributed by atoms with Gasteiger partial charge >= 0.3 is 0 Å². The first-order chi connectivity index (χ1) is 30.2. The minimum Gasteiger partial charge on any atom is -0.394 e. The summed E-state index contributed by atoms with van der Waals surface area (Å²) < 4.78 is 0. The summed E-state index contributed by atoms with van der Waals surface area (Å²) in [5.41, 5.74) is 0. The van der Waals surface area contributed by atoms with Crippen LogP contribution in [0.1, 0.15) is 328 Å². The Labute approximate surface area is 384 Å². The summed E-state index contributed by atoms with van der Waals surface area (Å²) in [6.07, 6.45) is 69.5. The molecule has 2 atom stereocenters. The van der Waals surface area contributed by atoms with Gasteiger partial charge in [0.1, 0.15) is 0 Å². The molecule has 0 aromatic rings. The van der Waals surface area contributed by atoms with Crippen LogP contribution in [-0.4, -0.2) is 34.9 Å². The second-order valence-corrected chi connectivity index (χ2v) is 19.7. The molecule has 2 unspecified atom stereocenters. The maximum atomic E-state index is 12.5. The fraction of sp³-hybridized carbons (Fsp3) is 0.947. The molecule has 0 aromatic carbocycles. The number of carbonyl (C=O) groups is 1. The molecule has 1 amide bonds. The number of aliphatic hydroxyl groups is 2. The van der Waals surface area contributed by atoms with Crippen molar-refractivity contribution in [2.75, 3.05) is 6.61 Å². The quantitative estimate of drug-likeness (QED) is 0.0421. The van der Waals surface area contributed by atoms with Crippen LogP contribution in [0.25, 0.3) is 0 Å². The average molecular weight is 861 g/mol. The predicted molar refractivity (Wildman–Crippen MR) is 272 cm³/mol. The standard InChI is InChI=1S/C57H113NO3/c1-3-5-7-9-11-13-15-17-19-21-23-24-25-26-27-28-29-30-31-32-33-35-37-39-41-43-45-47-49-51-53-57(61)58-55(54-59)56(60)52-50-48-46-44-42-40-38-36-34-22-20-18-16-14-12-10-8-6-4-2/h50,52,55-56,59-60H,3-49,51,53-54H2,1-2H3,(H,58,61)/b52-50+. The zero-order valence-electron chi connectivity index (χ0n) is 42.0. The van der Waals surface area contributed by atoms with Crippen molar-refractivity contribution in [2.45, 2.75) is 341 Å². The van der Waals surface area contributed by atoms with E-state index < -0.39 is 12.1 Å². The van der Waals surface area contributed by atoms with Gasteiger partial charge in [0.05, 0.1) is 18.8 Å². The van der Waals surface area contributed by atoms with Gasteiger partial charge in [-0.15, -0.1) is 0 Å². The fourth-order valence-electron chi connectivity index (χ4n) is 9.18. The molecular formula is C57H113NO3. The smallest absolute Gasteiger partial charge is 0.220 e. The highest BCUT2D eigenvalue weighted by Gasteiger charge is 2.18. The summed E-state index contributed by atoms with van der Waals surface area (Å²) in [6, 6.07) is -0.618. The fourth-order valence-corrected chi connectivity index (χ4v) is 9.18. The molecule has 364 valence electrons. The number of unbranched alkanes of at least 4 members (excludes halogenated alkanes) is 46. The Bertz CT molecular complexity index is 844. The summed E-state index contributed by atoms with van der Waals surface area (Å²) >= 11 is 0. The molecule has 0 bridgehead atoms. The van der Waals surface area contributed by atoms with E-state index in [2.05, 4.69) is 19.2 Å². The normalized spacial score (nSPS) is 12.8. The lowest BCUT2D eigenvalue weighted by atomic mass is 10.0. The molecule has 0 aliphatic heterocycles. The SMILES string of the molecule is CCCCCCCCCCCCCCCCCCC/C=C/C(O)C(CO)NC(=O)CCCCCCCCCCCCCCCCCCCCCCCCCCCCCCCC. The van der Waals surface area contributed by atoms with Crippen molar-refractivity contribution in [3.8, 4) is 0 Å². The van der Waals surface area contributed by atoms with Crippen LogP contribution in [0.4, 0.5) is 0 Å². The van der Waals surface area contributed by atoms with E-state index in [-0.39, 0.29) is 12.5 Å². The first-order valence-electron chi connectivity index (χ1n) is 28.4. The zero-order chi connectivity index (χ0) is 44.2. The van der Waals surface area contributed by atoms with Gasteiger partial charge in [-0.05, 0) is 19.3 Å². The second-order valence-electron chi connectivity index (χ2n) is 19.7. The van der Waals surface area contributed by atoms with Crippen molar-refractivity contribution < 1.29 is 15.0 Å². The molecule has 3 N–H and O–H groups in total. The molecule has 0 fully saturated rings. The number of amides is 1. The van der Waals surface area contributed by atoms with Crippen LogP contribution in [0.5, 0.6) is 0 Å². The maximum Gasteiger partial charge on any atom is 0.220 e. The highest BCUT2D eigenvalue weighted by atomic mass is 16.3. The van der Waals surface area contributed by atoms with Gasteiger partial charge < -0.3 is 15.5 Å². The van der Waals surface area contributed by atoms with Gasteiger partial charge in [0, 0.05) is 6.42 Å². The lowest BCUT2D eigenvalue weighted by Gasteiger charge is -2.20. The monoisotopic (exact) mass is 860 g/mol. The zero-order valence-corrected chi connectivity index (χ0v) is 42.0. The number of hydrogen-bond acceptors (Lipinski definition) is 3. The summed E-state index contributed by atoms with van der Waals surface area (Å²) in [5.74, 6) is -0.0557. The maximum absolute atomic E-state index is 12.5. The van der Waals surface area contributed by atoms with Crippen LogP contribution in [0.15, 0.2) is 12.2 Å². The van der Waals surface area contributed by atoms with Crippen molar-refractivity contribution in [1.82, 2.24) is 5.32 Å². The van der Waals surface area contributed by atoms with E-state index in [1.807, 2.05) is 6.08 Å². The second kappa shape index (κ2) is 53.5. The highest BCUT2D eigenvalue weighted by Crippen LogP contribution is 2.18. The number of nitrogens with one attached hydrogen (secondary N) is 1. The highest BCUT2D eigenvalue weighted by molar-refractivity contribution is 5.76. The van der Waals surface area contributed by atoms with Crippen molar-refractivity contribution in [3.05, 3.63) is 12.2 Å². The third kappa shape index (κ3) is 50.0. The van der Waals surface area contributed by atoms with Gasteiger partial charge in [0.15, 0.2) is 0 Å². The number of aliphatic hydroxyl groups excluding tert-OH is 2. The van der Waals surface area contributed by atoms with E-state index in [0.29, 0.717) is 6.42 Å². The first kappa shape index (κ1) is 60.1. The Balaban J connectivity index is 3.42. The summed E-state index contributed by atoms with van der Waals surface area (Å²) in [6.45, 7) is 4.35. The lowest BCUT2D eigenvalue weighted by Crippen LogP contribution is -2.45. The number of rotatable bonds is 53. The number of hydrogen-bond donors (Lipinski definition) is 3. The molecule has 0 aliphatic rings. The molecule has 0 aromatic heterocycles. The van der Waals surface area contributed by atoms with E-state index in [1.54, 1.807) is 6.08 Å². The van der Waals surface area contributed by atoms with Crippen molar-refractivity contribution in [1.29, 1.82) is 0 Å². The molecular weight excluding hydrogens is 747 g/mol. The molecule has 0 heterocycles. The van der Waals surface area contributed by atoms with Crippen LogP contribution in [0, 0.1) is 0 Å². The molecule has 0 saturated heterocycles. The molecule has 0 rings (SSSR count). The Hall–Kier alpha value is -0.870. The summed E-state index contributed by atoms with van der Waals surface area (Å²) in [4.78, 5) is 12.5. The third-order valence-corrected chi connectivity index (χ3v) is 13.5. The van der Waals surface area contributed by atoms with E-state index in [0.717, 1.165) is 25.7 Å². The lowest BCUT2D eigenvalue weighted by molar-refractivity contribution is -0.123. The summed E-state index contributed by atoms with van der Waals surface area (Å²) in [5, 5.41) is 23.2. The Kier molecular flexibility index (Phi) is 52.7. The Morgan fingerprint density at radius 2 is 0.607 bits per heavy atom. The minimum absolute atomic E-state index is 0.0557. The third-order valence-electron chi connectivity index (χ3n) is 13.5. The number of carbonyl (C=O) groups excluding carboxylic acids is 1. The first-order valence-corrected chi connectivity index (χ1v) is 28.4. The Morgan fingerprint density at radius 1 is 0.377 bits per heavy atom. The number of allylic oxidation sites excluding steroid dienone is 1. The van der Waals surface area contributed by atoms with Gasteiger partial charge in [-0.25, -0.2) is 0 Å². The van der Waals surface area contributed by atoms with Crippen LogP contribution in [-0.2, 0) is 4.79 Å². The molecule has 4 heteroatoms. The minimum atomic E-state index is -0.835. The molecule has 0 radical (unpaired) electrons. The van der Waals surface area contributed by atoms with Crippen LogP contribution >= 0.6 is 0 Å².